The van der Waals surface area contributed by atoms with Crippen LogP contribution < -0.4 is 4.74 Å². The lowest BCUT2D eigenvalue weighted by Gasteiger charge is -2.25. The van der Waals surface area contributed by atoms with Crippen molar-refractivity contribution in [3.8, 4) is 5.75 Å². The van der Waals surface area contributed by atoms with Gasteiger partial charge >= 0.3 is 0 Å². The van der Waals surface area contributed by atoms with E-state index in [1.54, 1.807) is 7.11 Å². The van der Waals surface area contributed by atoms with Crippen molar-refractivity contribution in [2.24, 2.45) is 5.92 Å². The number of hydrogen-bond acceptors (Lipinski definition) is 2. The maximum Gasteiger partial charge on any atom is 0.124 e. The summed E-state index contributed by atoms with van der Waals surface area (Å²) in [6.45, 7) is 4.22. The molecule has 0 amide bonds. The van der Waals surface area contributed by atoms with E-state index in [-0.39, 0.29) is 6.10 Å². The molecule has 1 saturated carbocycles. The predicted molar refractivity (Wildman–Crippen MR) is 74.1 cm³/mol. The zero-order chi connectivity index (χ0) is 13.1. The summed E-state index contributed by atoms with van der Waals surface area (Å²) in [5.74, 6) is 1.75. The first-order valence-corrected chi connectivity index (χ1v) is 6.92. The summed E-state index contributed by atoms with van der Waals surface area (Å²) in [4.78, 5) is 0. The Morgan fingerprint density at radius 3 is 2.17 bits per heavy atom. The normalized spacial score (nSPS) is 24.0. The number of rotatable bonds is 3. The van der Waals surface area contributed by atoms with Crippen molar-refractivity contribution in [3.05, 3.63) is 28.8 Å². The first-order chi connectivity index (χ1) is 8.60. The topological polar surface area (TPSA) is 29.5 Å². The molecule has 1 aromatic rings. The largest absolute Gasteiger partial charge is 0.496 e. The van der Waals surface area contributed by atoms with E-state index in [9.17, 15) is 5.11 Å². The standard InChI is InChI=1S/C16H24O2/c1-11-8-14(9-12(2)16(11)18-3)10-13-4-6-15(17)7-5-13/h8-9,13,15,17H,4-7,10H2,1-3H3. The third-order valence-corrected chi connectivity index (χ3v) is 4.06. The fraction of sp³-hybridized carbons (Fsp3) is 0.625. The number of aliphatic hydroxyl groups excluding tert-OH is 1. The van der Waals surface area contributed by atoms with Crippen LogP contribution in [-0.2, 0) is 6.42 Å². The minimum absolute atomic E-state index is 0.0550. The van der Waals surface area contributed by atoms with Crippen molar-refractivity contribution < 1.29 is 9.84 Å². The lowest BCUT2D eigenvalue weighted by Crippen LogP contribution is -2.19. The molecule has 2 nitrogen and oxygen atoms in total. The zero-order valence-corrected chi connectivity index (χ0v) is 11.7. The monoisotopic (exact) mass is 248 g/mol. The Morgan fingerprint density at radius 2 is 1.67 bits per heavy atom. The van der Waals surface area contributed by atoms with Gasteiger partial charge in [-0.2, -0.15) is 0 Å². The number of methoxy groups -OCH3 is 1. The van der Waals surface area contributed by atoms with Gasteiger partial charge in [0.05, 0.1) is 13.2 Å². The second-order valence-electron chi connectivity index (χ2n) is 5.64. The summed E-state index contributed by atoms with van der Waals surface area (Å²) >= 11 is 0. The third kappa shape index (κ3) is 3.05. The minimum atomic E-state index is -0.0550. The average Bonchev–Trinajstić information content (AvgIpc) is 2.32. The molecule has 1 fully saturated rings. The van der Waals surface area contributed by atoms with Gasteiger partial charge in [-0.3, -0.25) is 0 Å². The smallest absolute Gasteiger partial charge is 0.124 e. The molecule has 2 rings (SSSR count). The second-order valence-corrected chi connectivity index (χ2v) is 5.64. The van der Waals surface area contributed by atoms with Gasteiger partial charge in [-0.15, -0.1) is 0 Å². The quantitative estimate of drug-likeness (QED) is 0.888. The fourth-order valence-corrected chi connectivity index (χ4v) is 3.16. The van der Waals surface area contributed by atoms with Gasteiger partial charge in [0.1, 0.15) is 5.75 Å². The van der Waals surface area contributed by atoms with Crippen LogP contribution in [0, 0.1) is 19.8 Å². The van der Waals surface area contributed by atoms with Gasteiger partial charge in [0.15, 0.2) is 0 Å². The van der Waals surface area contributed by atoms with Crippen LogP contribution in [0.1, 0.15) is 42.4 Å². The van der Waals surface area contributed by atoms with E-state index in [0.717, 1.165) is 43.8 Å². The van der Waals surface area contributed by atoms with E-state index in [0.29, 0.717) is 0 Å². The van der Waals surface area contributed by atoms with Crippen molar-refractivity contribution in [2.75, 3.05) is 7.11 Å². The first-order valence-electron chi connectivity index (χ1n) is 6.92. The molecule has 1 N–H and O–H groups in total. The molecule has 0 heterocycles. The first kappa shape index (κ1) is 13.4. The summed E-state index contributed by atoms with van der Waals surface area (Å²) in [6, 6.07) is 4.49. The van der Waals surface area contributed by atoms with Crippen molar-refractivity contribution in [1.82, 2.24) is 0 Å². The van der Waals surface area contributed by atoms with Crippen LogP contribution in [0.2, 0.25) is 0 Å². The van der Waals surface area contributed by atoms with Gasteiger partial charge < -0.3 is 9.84 Å². The molecule has 1 aromatic carbocycles. The van der Waals surface area contributed by atoms with Crippen LogP contribution >= 0.6 is 0 Å². The maximum atomic E-state index is 9.53. The van der Waals surface area contributed by atoms with Gasteiger partial charge in [0, 0.05) is 0 Å². The zero-order valence-electron chi connectivity index (χ0n) is 11.7. The Hall–Kier alpha value is -1.02. The Bertz CT molecular complexity index is 381. The molecule has 1 aliphatic carbocycles. The van der Waals surface area contributed by atoms with E-state index in [1.807, 2.05) is 0 Å². The summed E-state index contributed by atoms with van der Waals surface area (Å²) in [5.41, 5.74) is 3.86. The van der Waals surface area contributed by atoms with Crippen LogP contribution in [0.25, 0.3) is 0 Å². The second kappa shape index (κ2) is 5.75. The third-order valence-electron chi connectivity index (χ3n) is 4.06. The van der Waals surface area contributed by atoms with E-state index >= 15 is 0 Å². The molecule has 0 aliphatic heterocycles. The molecule has 100 valence electrons. The molecule has 0 unspecified atom stereocenters. The van der Waals surface area contributed by atoms with Crippen molar-refractivity contribution in [2.45, 2.75) is 52.1 Å². The van der Waals surface area contributed by atoms with Gasteiger partial charge in [-0.05, 0) is 68.6 Å². The van der Waals surface area contributed by atoms with Crippen molar-refractivity contribution in [3.63, 3.8) is 0 Å². The molecular weight excluding hydrogens is 224 g/mol. The van der Waals surface area contributed by atoms with Crippen molar-refractivity contribution in [1.29, 1.82) is 0 Å². The lowest BCUT2D eigenvalue weighted by molar-refractivity contribution is 0.108. The number of aryl methyl sites for hydroxylation is 2. The van der Waals surface area contributed by atoms with Gasteiger partial charge in [-0.1, -0.05) is 12.1 Å². The number of hydrogen-bond donors (Lipinski definition) is 1. The van der Waals surface area contributed by atoms with Crippen LogP contribution in [-0.4, -0.2) is 18.3 Å². The Morgan fingerprint density at radius 1 is 1.11 bits per heavy atom. The van der Waals surface area contributed by atoms with E-state index in [2.05, 4.69) is 26.0 Å². The minimum Gasteiger partial charge on any atom is -0.496 e. The van der Waals surface area contributed by atoms with Crippen LogP contribution in [0.15, 0.2) is 12.1 Å². The molecule has 1 aliphatic rings. The van der Waals surface area contributed by atoms with E-state index in [4.69, 9.17) is 4.74 Å². The molecule has 0 saturated heterocycles. The molecule has 0 aromatic heterocycles. The average molecular weight is 248 g/mol. The molecule has 18 heavy (non-hydrogen) atoms. The van der Waals surface area contributed by atoms with Crippen molar-refractivity contribution >= 4 is 0 Å². The van der Waals surface area contributed by atoms with Crippen LogP contribution in [0.3, 0.4) is 0 Å². The van der Waals surface area contributed by atoms with Gasteiger partial charge in [0.25, 0.3) is 0 Å². The highest BCUT2D eigenvalue weighted by atomic mass is 16.5. The summed E-state index contributed by atoms with van der Waals surface area (Å²) in [7, 11) is 1.73. The summed E-state index contributed by atoms with van der Waals surface area (Å²) in [6.07, 6.45) is 5.34. The lowest BCUT2D eigenvalue weighted by atomic mass is 9.83. The fourth-order valence-electron chi connectivity index (χ4n) is 3.16. The Kier molecular flexibility index (Phi) is 4.28. The van der Waals surface area contributed by atoms with E-state index in [1.165, 1.54) is 16.7 Å². The highest BCUT2D eigenvalue weighted by Crippen LogP contribution is 2.30. The van der Waals surface area contributed by atoms with Gasteiger partial charge in [-0.25, -0.2) is 0 Å². The van der Waals surface area contributed by atoms with E-state index < -0.39 is 0 Å². The Labute approximate surface area is 110 Å². The SMILES string of the molecule is COc1c(C)cc(CC2CCC(O)CC2)cc1C. The molecule has 0 spiro atoms. The number of aliphatic hydroxyl groups is 1. The molecule has 0 radical (unpaired) electrons. The number of benzene rings is 1. The maximum absolute atomic E-state index is 9.53. The molecule has 0 atom stereocenters. The molecular formula is C16H24O2. The summed E-state index contributed by atoms with van der Waals surface area (Å²) < 4.78 is 5.40. The number of ether oxygens (including phenoxy) is 1. The molecule has 0 bridgehead atoms. The Balaban J connectivity index is 2.06. The van der Waals surface area contributed by atoms with Gasteiger partial charge in [0.2, 0.25) is 0 Å². The highest BCUT2D eigenvalue weighted by molar-refractivity contribution is 5.43. The highest BCUT2D eigenvalue weighted by Gasteiger charge is 2.20. The van der Waals surface area contributed by atoms with Crippen LogP contribution in [0.5, 0.6) is 5.75 Å². The summed E-state index contributed by atoms with van der Waals surface area (Å²) in [5, 5.41) is 9.53. The predicted octanol–water partition coefficient (Wildman–Crippen LogP) is 3.41. The molecule has 2 heteroatoms. The van der Waals surface area contributed by atoms with Crippen LogP contribution in [0.4, 0.5) is 0 Å².